The lowest BCUT2D eigenvalue weighted by atomic mass is 10.3. The van der Waals surface area contributed by atoms with Gasteiger partial charge in [-0.05, 0) is 24.3 Å². The summed E-state index contributed by atoms with van der Waals surface area (Å²) in [6.45, 7) is -0.788. The highest BCUT2D eigenvalue weighted by molar-refractivity contribution is 5.75. The number of hydrogen-bond donors (Lipinski definition) is 0. The van der Waals surface area contributed by atoms with E-state index in [-0.39, 0.29) is 0 Å². The minimum Gasteiger partial charge on any atom is -0.425 e. The molecule has 2 aliphatic rings. The van der Waals surface area contributed by atoms with Gasteiger partial charge < -0.3 is 9.47 Å². The molecule has 6 heteroatoms. The monoisotopic (exact) mass is 224 g/mol. The van der Waals surface area contributed by atoms with E-state index in [1.54, 1.807) is 0 Å². The highest BCUT2D eigenvalue weighted by Gasteiger charge is 2.11. The summed E-state index contributed by atoms with van der Waals surface area (Å²) in [6.07, 6.45) is 0. The van der Waals surface area contributed by atoms with Crippen molar-refractivity contribution < 1.29 is 28.8 Å². The van der Waals surface area contributed by atoms with Crippen LogP contribution in [0.3, 0.4) is 0 Å². The van der Waals surface area contributed by atoms with E-state index in [0.717, 1.165) is 0 Å². The minimum absolute atomic E-state index is 0.342. The Morgan fingerprint density at radius 1 is 0.750 bits per heavy atom. The minimum atomic E-state index is -0.610. The van der Waals surface area contributed by atoms with Crippen LogP contribution in [0.5, 0.6) is 11.5 Å². The largest absolute Gasteiger partial charge is 0.425 e. The Morgan fingerprint density at radius 3 is 1.50 bits per heavy atom. The second-order valence-electron chi connectivity index (χ2n) is 2.94. The molecule has 0 radical (unpaired) electrons. The molecule has 0 fully saturated rings. The van der Waals surface area contributed by atoms with E-state index in [2.05, 4.69) is 9.78 Å². The molecule has 0 spiro atoms. The molecular weight excluding hydrogens is 216 g/mol. The van der Waals surface area contributed by atoms with E-state index in [4.69, 9.17) is 9.47 Å². The molecule has 3 rings (SSSR count). The maximum atomic E-state index is 11.1. The molecule has 2 bridgehead atoms. The van der Waals surface area contributed by atoms with Crippen LogP contribution in [0.1, 0.15) is 0 Å². The first-order valence-corrected chi connectivity index (χ1v) is 4.50. The first-order valence-electron chi connectivity index (χ1n) is 4.50. The first-order chi connectivity index (χ1) is 7.74. The Hall–Kier alpha value is -1.92. The molecule has 0 aliphatic carbocycles. The van der Waals surface area contributed by atoms with Crippen molar-refractivity contribution >= 4 is 11.9 Å². The van der Waals surface area contributed by atoms with E-state index >= 15 is 0 Å². The van der Waals surface area contributed by atoms with Crippen LogP contribution < -0.4 is 9.47 Å². The third kappa shape index (κ3) is 2.78. The number of carbonyl (C=O) groups excluding carboxylic acids is 2. The number of carbonyl (C=O) groups is 2. The zero-order valence-electron chi connectivity index (χ0n) is 8.17. The summed E-state index contributed by atoms with van der Waals surface area (Å²) in [7, 11) is 0. The van der Waals surface area contributed by atoms with Crippen LogP contribution in [0.2, 0.25) is 0 Å². The smallest absolute Gasteiger partial charge is 0.340 e. The van der Waals surface area contributed by atoms with Gasteiger partial charge in [-0.15, -0.1) is 0 Å². The van der Waals surface area contributed by atoms with Crippen LogP contribution in [0, 0.1) is 0 Å². The molecule has 84 valence electrons. The fraction of sp³-hybridized carbons (Fsp3) is 0.200. The Bertz CT molecular complexity index is 357. The summed E-state index contributed by atoms with van der Waals surface area (Å²) in [6, 6.07) is 6.07. The van der Waals surface area contributed by atoms with Gasteiger partial charge in [-0.1, -0.05) is 0 Å². The van der Waals surface area contributed by atoms with Gasteiger partial charge in [0.05, 0.1) is 0 Å². The van der Waals surface area contributed by atoms with Crippen LogP contribution in [-0.2, 0) is 19.4 Å². The fourth-order valence-corrected chi connectivity index (χ4v) is 1.08. The maximum Gasteiger partial charge on any atom is 0.340 e. The Kier molecular flexibility index (Phi) is 3.13. The van der Waals surface area contributed by atoms with Gasteiger partial charge in [-0.25, -0.2) is 19.4 Å². The van der Waals surface area contributed by atoms with Crippen LogP contribution in [-0.4, -0.2) is 25.2 Å². The zero-order valence-corrected chi connectivity index (χ0v) is 8.17. The van der Waals surface area contributed by atoms with Crippen LogP contribution >= 0.6 is 0 Å². The van der Waals surface area contributed by atoms with Gasteiger partial charge in [0.25, 0.3) is 0 Å². The van der Waals surface area contributed by atoms with Gasteiger partial charge in [0.15, 0.2) is 13.2 Å². The normalized spacial score (nSPS) is 17.0. The van der Waals surface area contributed by atoms with E-state index in [0.29, 0.717) is 11.5 Å². The molecular formula is C10H8O6. The molecule has 0 atom stereocenters. The summed E-state index contributed by atoms with van der Waals surface area (Å²) in [5, 5.41) is 0. The predicted octanol–water partition coefficient (Wildman–Crippen LogP) is 0.459. The molecule has 0 aromatic heterocycles. The lowest BCUT2D eigenvalue weighted by molar-refractivity contribution is -0.288. The number of benzene rings is 1. The van der Waals surface area contributed by atoms with Gasteiger partial charge in [0.1, 0.15) is 11.5 Å². The SMILES string of the molecule is O=C1COOCC(=O)Oc2ccc(cc2)O1. The molecule has 0 amide bonds. The number of fused-ring (bicyclic) bond motifs is 9. The van der Waals surface area contributed by atoms with Crippen LogP contribution in [0.4, 0.5) is 0 Å². The summed E-state index contributed by atoms with van der Waals surface area (Å²) in [4.78, 5) is 31.2. The second kappa shape index (κ2) is 4.73. The van der Waals surface area contributed by atoms with Crippen molar-refractivity contribution in [2.24, 2.45) is 0 Å². The highest BCUT2D eigenvalue weighted by atomic mass is 17.2. The van der Waals surface area contributed by atoms with Gasteiger partial charge >= 0.3 is 11.9 Å². The topological polar surface area (TPSA) is 71.1 Å². The van der Waals surface area contributed by atoms with Crippen molar-refractivity contribution in [2.75, 3.05) is 13.2 Å². The van der Waals surface area contributed by atoms with Crippen molar-refractivity contribution in [2.45, 2.75) is 0 Å². The van der Waals surface area contributed by atoms with E-state index < -0.39 is 25.2 Å². The maximum absolute atomic E-state index is 11.1. The van der Waals surface area contributed by atoms with E-state index in [9.17, 15) is 9.59 Å². The van der Waals surface area contributed by atoms with Gasteiger partial charge in [0, 0.05) is 0 Å². The molecule has 2 heterocycles. The average Bonchev–Trinajstić information content (AvgIpc) is 2.25. The second-order valence-corrected chi connectivity index (χ2v) is 2.94. The summed E-state index contributed by atoms with van der Waals surface area (Å²) < 4.78 is 9.76. The predicted molar refractivity (Wildman–Crippen MR) is 49.6 cm³/mol. The molecule has 0 saturated carbocycles. The van der Waals surface area contributed by atoms with E-state index in [1.165, 1.54) is 24.3 Å². The summed E-state index contributed by atoms with van der Waals surface area (Å²) in [5.74, 6) is -0.536. The summed E-state index contributed by atoms with van der Waals surface area (Å²) >= 11 is 0. The Balaban J connectivity index is 2.19. The standard InChI is InChI=1S/C10H8O6/c11-9-5-13-14-6-10(12)16-8-2-1-7(15-9)3-4-8/h1-4H,5-6H2. The first kappa shape index (κ1) is 10.6. The van der Waals surface area contributed by atoms with Crippen LogP contribution in [0.25, 0.3) is 0 Å². The molecule has 1 aromatic rings. The van der Waals surface area contributed by atoms with Gasteiger partial charge in [-0.3, -0.25) is 0 Å². The molecule has 0 N–H and O–H groups in total. The fourth-order valence-electron chi connectivity index (χ4n) is 1.08. The number of ether oxygens (including phenoxy) is 2. The van der Waals surface area contributed by atoms with E-state index in [1.807, 2.05) is 0 Å². The third-order valence-electron chi connectivity index (χ3n) is 1.72. The third-order valence-corrected chi connectivity index (χ3v) is 1.72. The average molecular weight is 224 g/mol. The van der Waals surface area contributed by atoms with Crippen LogP contribution in [0.15, 0.2) is 24.3 Å². The molecule has 2 aliphatic heterocycles. The van der Waals surface area contributed by atoms with Crippen molar-refractivity contribution in [3.63, 3.8) is 0 Å². The highest BCUT2D eigenvalue weighted by Crippen LogP contribution is 2.18. The molecule has 1 aromatic carbocycles. The van der Waals surface area contributed by atoms with Crippen molar-refractivity contribution in [1.29, 1.82) is 0 Å². The number of rotatable bonds is 0. The lowest BCUT2D eigenvalue weighted by Crippen LogP contribution is -2.21. The molecule has 16 heavy (non-hydrogen) atoms. The zero-order chi connectivity index (χ0) is 11.4. The Labute approximate surface area is 90.6 Å². The Morgan fingerprint density at radius 2 is 1.12 bits per heavy atom. The molecule has 0 unspecified atom stereocenters. The quantitative estimate of drug-likeness (QED) is 0.362. The molecule has 0 saturated heterocycles. The van der Waals surface area contributed by atoms with Gasteiger partial charge in [0.2, 0.25) is 0 Å². The summed E-state index contributed by atoms with van der Waals surface area (Å²) in [5.41, 5.74) is 0. The number of hydrogen-bond acceptors (Lipinski definition) is 6. The lowest BCUT2D eigenvalue weighted by Gasteiger charge is -2.09. The van der Waals surface area contributed by atoms with Crippen molar-refractivity contribution in [3.05, 3.63) is 24.3 Å². The van der Waals surface area contributed by atoms with Crippen molar-refractivity contribution in [3.8, 4) is 11.5 Å². The molecule has 6 nitrogen and oxygen atoms in total. The van der Waals surface area contributed by atoms with Gasteiger partial charge in [-0.2, -0.15) is 0 Å². The van der Waals surface area contributed by atoms with Crippen molar-refractivity contribution in [1.82, 2.24) is 0 Å². The number of esters is 2.